The molecule has 2 aliphatic heterocycles. The van der Waals surface area contributed by atoms with E-state index in [1.807, 2.05) is 37.3 Å². The molecule has 2 unspecified atom stereocenters. The minimum Gasteiger partial charge on any atom is -0.481 e. The molecule has 0 bridgehead atoms. The molecule has 0 radical (unpaired) electrons. The zero-order chi connectivity index (χ0) is 20.5. The van der Waals surface area contributed by atoms with E-state index in [4.69, 9.17) is 0 Å². The van der Waals surface area contributed by atoms with Gasteiger partial charge in [0, 0.05) is 32.7 Å². The zero-order valence-electron chi connectivity index (χ0n) is 15.7. The van der Waals surface area contributed by atoms with E-state index in [2.05, 4.69) is 0 Å². The molecule has 0 saturated carbocycles. The molecule has 1 aromatic rings. The van der Waals surface area contributed by atoms with Gasteiger partial charge in [-0.3, -0.25) is 14.5 Å². The third kappa shape index (κ3) is 4.66. The van der Waals surface area contributed by atoms with Crippen molar-refractivity contribution in [1.29, 1.82) is 0 Å². The van der Waals surface area contributed by atoms with Gasteiger partial charge in [-0.1, -0.05) is 37.3 Å². The molecular weight excluding hydrogens is 373 g/mol. The van der Waals surface area contributed by atoms with Crippen LogP contribution in [-0.4, -0.2) is 59.1 Å². The molecule has 1 aromatic carbocycles. The first-order valence-corrected chi connectivity index (χ1v) is 9.49. The Balaban J connectivity index is 1.75. The lowest BCUT2D eigenvalue weighted by atomic mass is 9.88. The maximum absolute atomic E-state index is 13.6. The Morgan fingerprint density at radius 1 is 1.11 bits per heavy atom. The molecule has 8 heteroatoms. The molecule has 2 fully saturated rings. The van der Waals surface area contributed by atoms with Gasteiger partial charge in [0.2, 0.25) is 5.91 Å². The summed E-state index contributed by atoms with van der Waals surface area (Å²) in [4.78, 5) is 27.3. The van der Waals surface area contributed by atoms with E-state index in [9.17, 15) is 27.9 Å². The first-order chi connectivity index (χ1) is 13.1. The first-order valence-electron chi connectivity index (χ1n) is 9.49. The Kier molecular flexibility index (Phi) is 5.98. The lowest BCUT2D eigenvalue weighted by molar-refractivity contribution is -0.187. The summed E-state index contributed by atoms with van der Waals surface area (Å²) in [5.41, 5.74) is 0.897. The van der Waals surface area contributed by atoms with E-state index in [1.165, 1.54) is 4.90 Å². The number of piperidine rings is 1. The van der Waals surface area contributed by atoms with Gasteiger partial charge in [-0.05, 0) is 17.9 Å². The summed E-state index contributed by atoms with van der Waals surface area (Å²) in [6, 6.07) is 9.20. The minimum atomic E-state index is -4.47. The molecular formula is C20H25F3N2O3. The molecule has 28 heavy (non-hydrogen) atoms. The van der Waals surface area contributed by atoms with Crippen molar-refractivity contribution in [3.63, 3.8) is 0 Å². The summed E-state index contributed by atoms with van der Waals surface area (Å²) in [6.07, 6.45) is -4.04. The lowest BCUT2D eigenvalue weighted by Crippen LogP contribution is -2.50. The number of carbonyl (C=O) groups excluding carboxylic acids is 1. The predicted molar refractivity (Wildman–Crippen MR) is 96.2 cm³/mol. The normalized spacial score (nSPS) is 29.1. The van der Waals surface area contributed by atoms with Crippen LogP contribution < -0.4 is 0 Å². The largest absolute Gasteiger partial charge is 0.481 e. The monoisotopic (exact) mass is 398 g/mol. The number of rotatable bonds is 4. The van der Waals surface area contributed by atoms with Crippen LogP contribution in [0, 0.1) is 23.7 Å². The number of hydrogen-bond donors (Lipinski definition) is 1. The Morgan fingerprint density at radius 3 is 2.39 bits per heavy atom. The van der Waals surface area contributed by atoms with Crippen molar-refractivity contribution >= 4 is 11.9 Å². The first kappa shape index (κ1) is 20.6. The molecule has 0 aliphatic carbocycles. The second kappa shape index (κ2) is 8.11. The van der Waals surface area contributed by atoms with Crippen LogP contribution in [0.3, 0.4) is 0 Å². The van der Waals surface area contributed by atoms with E-state index in [-0.39, 0.29) is 25.6 Å². The van der Waals surface area contributed by atoms with Gasteiger partial charge in [-0.2, -0.15) is 13.2 Å². The number of benzene rings is 1. The van der Waals surface area contributed by atoms with Crippen LogP contribution in [0.2, 0.25) is 0 Å². The van der Waals surface area contributed by atoms with Crippen molar-refractivity contribution < 1.29 is 27.9 Å². The highest BCUT2D eigenvalue weighted by molar-refractivity contribution is 5.81. The molecule has 0 spiro atoms. The third-order valence-electron chi connectivity index (χ3n) is 5.70. The summed E-state index contributed by atoms with van der Waals surface area (Å²) in [5, 5.41) is 9.28. The lowest BCUT2D eigenvalue weighted by Gasteiger charge is -2.37. The third-order valence-corrected chi connectivity index (χ3v) is 5.70. The molecule has 2 heterocycles. The average molecular weight is 398 g/mol. The summed E-state index contributed by atoms with van der Waals surface area (Å²) in [5.74, 6) is -5.28. The highest BCUT2D eigenvalue weighted by Crippen LogP contribution is 2.39. The van der Waals surface area contributed by atoms with Crippen LogP contribution in [0.15, 0.2) is 30.3 Å². The topological polar surface area (TPSA) is 60.9 Å². The van der Waals surface area contributed by atoms with Crippen molar-refractivity contribution in [3.8, 4) is 0 Å². The molecule has 154 valence electrons. The SMILES string of the molecule is CC1CC(C(=O)O)CN(C(=O)[C@@H]2CN(Cc3ccccc3)C[C@H]2C(F)(F)F)C1. The second-order valence-corrected chi connectivity index (χ2v) is 8.05. The fraction of sp³-hybridized carbons (Fsp3) is 0.600. The smallest absolute Gasteiger partial charge is 0.393 e. The van der Waals surface area contributed by atoms with Gasteiger partial charge in [-0.15, -0.1) is 0 Å². The standard InChI is InChI=1S/C20H25F3N2O3/c1-13-7-15(19(27)28)10-25(8-13)18(26)16-11-24(12-17(16)20(21,22)23)9-14-5-3-2-4-6-14/h2-6,13,15-17H,7-12H2,1H3,(H,27,28)/t13?,15?,16-,17-/m1/s1. The van der Waals surface area contributed by atoms with Gasteiger partial charge in [0.15, 0.2) is 0 Å². The van der Waals surface area contributed by atoms with Crippen LogP contribution in [0.5, 0.6) is 0 Å². The van der Waals surface area contributed by atoms with Gasteiger partial charge in [0.1, 0.15) is 0 Å². The van der Waals surface area contributed by atoms with Crippen molar-refractivity contribution in [1.82, 2.24) is 9.80 Å². The fourth-order valence-electron chi connectivity index (χ4n) is 4.38. The van der Waals surface area contributed by atoms with E-state index < -0.39 is 35.8 Å². The van der Waals surface area contributed by atoms with E-state index >= 15 is 0 Å². The molecule has 2 aliphatic rings. The van der Waals surface area contributed by atoms with Crippen LogP contribution in [0.25, 0.3) is 0 Å². The van der Waals surface area contributed by atoms with Crippen LogP contribution in [0.4, 0.5) is 13.2 Å². The van der Waals surface area contributed by atoms with Crippen molar-refractivity contribution in [2.45, 2.75) is 26.1 Å². The number of likely N-dealkylation sites (tertiary alicyclic amines) is 2. The van der Waals surface area contributed by atoms with Gasteiger partial charge < -0.3 is 10.0 Å². The summed E-state index contributed by atoms with van der Waals surface area (Å²) in [6.45, 7) is 2.28. The number of halogens is 3. The number of alkyl halides is 3. The average Bonchev–Trinajstić information content (AvgIpc) is 3.05. The predicted octanol–water partition coefficient (Wildman–Crippen LogP) is 2.87. The fourth-order valence-corrected chi connectivity index (χ4v) is 4.38. The van der Waals surface area contributed by atoms with E-state index in [1.54, 1.807) is 4.90 Å². The van der Waals surface area contributed by atoms with Gasteiger partial charge in [0.25, 0.3) is 0 Å². The van der Waals surface area contributed by atoms with Crippen LogP contribution in [0.1, 0.15) is 18.9 Å². The molecule has 5 nitrogen and oxygen atoms in total. The second-order valence-electron chi connectivity index (χ2n) is 8.05. The summed E-state index contributed by atoms with van der Waals surface area (Å²) >= 11 is 0. The summed E-state index contributed by atoms with van der Waals surface area (Å²) in [7, 11) is 0. The van der Waals surface area contributed by atoms with Gasteiger partial charge in [-0.25, -0.2) is 0 Å². The maximum atomic E-state index is 13.6. The van der Waals surface area contributed by atoms with Gasteiger partial charge >= 0.3 is 12.1 Å². The number of carboxylic acids is 1. The molecule has 2 saturated heterocycles. The van der Waals surface area contributed by atoms with Crippen molar-refractivity contribution in [2.24, 2.45) is 23.7 Å². The highest BCUT2D eigenvalue weighted by Gasteiger charge is 2.53. The number of amides is 1. The molecule has 1 amide bonds. The number of hydrogen-bond acceptors (Lipinski definition) is 3. The Bertz CT molecular complexity index is 710. The van der Waals surface area contributed by atoms with Crippen LogP contribution >= 0.6 is 0 Å². The van der Waals surface area contributed by atoms with E-state index in [0.717, 1.165) is 5.56 Å². The number of carboxylic acid groups (broad SMARTS) is 1. The summed E-state index contributed by atoms with van der Waals surface area (Å²) < 4.78 is 40.9. The minimum absolute atomic E-state index is 0.0156. The number of carbonyl (C=O) groups is 2. The molecule has 0 aromatic heterocycles. The molecule has 4 atom stereocenters. The number of aliphatic carboxylic acids is 1. The quantitative estimate of drug-likeness (QED) is 0.847. The Labute approximate surface area is 162 Å². The Morgan fingerprint density at radius 2 is 1.79 bits per heavy atom. The molecule has 1 N–H and O–H groups in total. The maximum Gasteiger partial charge on any atom is 0.393 e. The van der Waals surface area contributed by atoms with Crippen molar-refractivity contribution in [3.05, 3.63) is 35.9 Å². The highest BCUT2D eigenvalue weighted by atomic mass is 19.4. The Hall–Kier alpha value is -2.09. The van der Waals surface area contributed by atoms with E-state index in [0.29, 0.717) is 19.5 Å². The van der Waals surface area contributed by atoms with Crippen LogP contribution in [-0.2, 0) is 16.1 Å². The van der Waals surface area contributed by atoms with Gasteiger partial charge in [0.05, 0.1) is 17.8 Å². The number of nitrogens with zero attached hydrogens (tertiary/aromatic N) is 2. The molecule has 3 rings (SSSR count). The van der Waals surface area contributed by atoms with Crippen molar-refractivity contribution in [2.75, 3.05) is 26.2 Å². The zero-order valence-corrected chi connectivity index (χ0v) is 15.7.